The molecule has 39 heavy (non-hydrogen) atoms. The molecule has 4 nitrogen and oxygen atoms in total. The van der Waals surface area contributed by atoms with Crippen molar-refractivity contribution >= 4 is 5.97 Å². The van der Waals surface area contributed by atoms with Crippen LogP contribution >= 0.6 is 0 Å². The Bertz CT molecular complexity index is 1100. The van der Waals surface area contributed by atoms with Crippen LogP contribution in [0.2, 0.25) is 0 Å². The van der Waals surface area contributed by atoms with Crippen molar-refractivity contribution in [1.29, 1.82) is 0 Å². The second-order valence-electron chi connectivity index (χ2n) is 12.2. The number of carboxylic acid groups (broad SMARTS) is 1. The number of carboxylic acids is 1. The van der Waals surface area contributed by atoms with Crippen LogP contribution in [0.3, 0.4) is 0 Å². The standard InChI is InChI=1S/C32H41F3N2O2/c33-27-11-9-23(10-12-27)6-3-13-32(35)14-16-36(17-15-32)20-26-21-37(30(31(38)39)18-24-4-1-5-24)22-29(26)25-7-2-8-28(34)19-25/h2,7-12,19,24,26,29-30H,1,3-6,13-18,20-22H2,(H,38,39)/t26-,29+,30+/m0/s1. The van der Waals surface area contributed by atoms with Gasteiger partial charge in [-0.3, -0.25) is 9.69 Å². The molecule has 3 atom stereocenters. The monoisotopic (exact) mass is 542 g/mol. The van der Waals surface area contributed by atoms with Crippen LogP contribution < -0.4 is 0 Å². The zero-order chi connectivity index (χ0) is 27.4. The van der Waals surface area contributed by atoms with Crippen LogP contribution in [0, 0.1) is 23.5 Å². The molecular weight excluding hydrogens is 501 g/mol. The molecule has 3 aliphatic rings. The number of aryl methyl sites for hydroxylation is 1. The number of carbonyl (C=O) groups is 1. The van der Waals surface area contributed by atoms with Crippen molar-refractivity contribution in [3.63, 3.8) is 0 Å². The normalized spacial score (nSPS) is 24.9. The number of nitrogens with zero attached hydrogens (tertiary/aromatic N) is 2. The Labute approximate surface area is 230 Å². The van der Waals surface area contributed by atoms with E-state index in [1.54, 1.807) is 24.3 Å². The summed E-state index contributed by atoms with van der Waals surface area (Å²) in [5.74, 6) is -0.580. The van der Waals surface area contributed by atoms with Crippen molar-refractivity contribution in [1.82, 2.24) is 9.80 Å². The quantitative estimate of drug-likeness (QED) is 0.354. The molecule has 2 heterocycles. The number of halogens is 3. The number of hydrogen-bond donors (Lipinski definition) is 1. The van der Waals surface area contributed by atoms with E-state index in [4.69, 9.17) is 0 Å². The highest BCUT2D eigenvalue weighted by Gasteiger charge is 2.42. The number of rotatable bonds is 11. The van der Waals surface area contributed by atoms with Gasteiger partial charge in [0.25, 0.3) is 0 Å². The SMILES string of the molecule is O=C(O)[C@@H](CC1CCC1)N1C[C@H](CN2CCC(F)(CCCc3ccc(F)cc3)CC2)[C@@H](c2cccc(F)c2)C1. The van der Waals surface area contributed by atoms with Crippen molar-refractivity contribution in [3.8, 4) is 0 Å². The van der Waals surface area contributed by atoms with Gasteiger partial charge in [0, 0.05) is 38.6 Å². The van der Waals surface area contributed by atoms with Gasteiger partial charge in [0.2, 0.25) is 0 Å². The van der Waals surface area contributed by atoms with E-state index < -0.39 is 17.7 Å². The summed E-state index contributed by atoms with van der Waals surface area (Å²) >= 11 is 0. The Kier molecular flexibility index (Phi) is 8.97. The van der Waals surface area contributed by atoms with Gasteiger partial charge >= 0.3 is 5.97 Å². The Morgan fingerprint density at radius 1 is 1.03 bits per heavy atom. The third-order valence-electron chi connectivity index (χ3n) is 9.50. The van der Waals surface area contributed by atoms with Gasteiger partial charge in [0.1, 0.15) is 23.3 Å². The molecule has 0 spiro atoms. The molecule has 212 valence electrons. The molecule has 0 unspecified atom stereocenters. The third-order valence-corrected chi connectivity index (χ3v) is 9.50. The summed E-state index contributed by atoms with van der Waals surface area (Å²) in [6.07, 6.45) is 7.03. The van der Waals surface area contributed by atoms with E-state index in [0.717, 1.165) is 43.4 Å². The van der Waals surface area contributed by atoms with E-state index in [-0.39, 0.29) is 23.5 Å². The van der Waals surface area contributed by atoms with Crippen LogP contribution in [0.25, 0.3) is 0 Å². The lowest BCUT2D eigenvalue weighted by atomic mass is 9.80. The van der Waals surface area contributed by atoms with Gasteiger partial charge in [-0.25, -0.2) is 13.2 Å². The predicted molar refractivity (Wildman–Crippen MR) is 146 cm³/mol. The summed E-state index contributed by atoms with van der Waals surface area (Å²) in [5.41, 5.74) is 0.772. The number of hydrogen-bond acceptors (Lipinski definition) is 3. The second kappa shape index (κ2) is 12.4. The first kappa shape index (κ1) is 28.2. The fourth-order valence-electron chi connectivity index (χ4n) is 6.89. The molecule has 2 aliphatic heterocycles. The van der Waals surface area contributed by atoms with Crippen molar-refractivity contribution in [3.05, 3.63) is 71.3 Å². The summed E-state index contributed by atoms with van der Waals surface area (Å²) in [5, 5.41) is 10.1. The maximum atomic E-state index is 15.6. The van der Waals surface area contributed by atoms with Gasteiger partial charge < -0.3 is 10.0 Å². The van der Waals surface area contributed by atoms with Crippen molar-refractivity contribution < 1.29 is 23.1 Å². The topological polar surface area (TPSA) is 43.8 Å². The van der Waals surface area contributed by atoms with Gasteiger partial charge in [-0.2, -0.15) is 0 Å². The first-order valence-corrected chi connectivity index (χ1v) is 14.7. The number of alkyl halides is 1. The highest BCUT2D eigenvalue weighted by atomic mass is 19.1. The molecule has 0 amide bonds. The van der Waals surface area contributed by atoms with Crippen LogP contribution in [-0.2, 0) is 11.2 Å². The molecule has 0 bridgehead atoms. The van der Waals surface area contributed by atoms with Gasteiger partial charge in [-0.1, -0.05) is 43.5 Å². The first-order valence-electron chi connectivity index (χ1n) is 14.7. The first-order chi connectivity index (χ1) is 18.8. The van der Waals surface area contributed by atoms with Gasteiger partial charge in [0.15, 0.2) is 0 Å². The molecule has 2 aromatic carbocycles. The molecule has 2 aromatic rings. The largest absolute Gasteiger partial charge is 0.480 e. The average Bonchev–Trinajstić information content (AvgIpc) is 3.29. The van der Waals surface area contributed by atoms with Crippen LogP contribution in [0.5, 0.6) is 0 Å². The zero-order valence-corrected chi connectivity index (χ0v) is 22.7. The van der Waals surface area contributed by atoms with Crippen LogP contribution in [-0.4, -0.2) is 65.3 Å². The van der Waals surface area contributed by atoms with E-state index in [0.29, 0.717) is 57.8 Å². The van der Waals surface area contributed by atoms with Crippen LogP contribution in [0.15, 0.2) is 48.5 Å². The molecule has 2 saturated heterocycles. The number of benzene rings is 2. The highest BCUT2D eigenvalue weighted by molar-refractivity contribution is 5.73. The molecule has 1 N–H and O–H groups in total. The Hall–Kier alpha value is -2.38. The number of aliphatic carboxylic acids is 1. The number of piperidine rings is 1. The third kappa shape index (κ3) is 7.23. The Morgan fingerprint density at radius 3 is 2.41 bits per heavy atom. The summed E-state index contributed by atoms with van der Waals surface area (Å²) in [6.45, 7) is 3.38. The van der Waals surface area contributed by atoms with E-state index in [2.05, 4.69) is 9.80 Å². The van der Waals surface area contributed by atoms with Gasteiger partial charge in [0.05, 0.1) is 0 Å². The highest BCUT2D eigenvalue weighted by Crippen LogP contribution is 2.39. The predicted octanol–water partition coefficient (Wildman–Crippen LogP) is 6.45. The van der Waals surface area contributed by atoms with Crippen LogP contribution in [0.4, 0.5) is 13.2 Å². The molecule has 0 radical (unpaired) electrons. The molecule has 1 saturated carbocycles. The maximum Gasteiger partial charge on any atom is 0.320 e. The van der Waals surface area contributed by atoms with Crippen molar-refractivity contribution in [2.75, 3.05) is 32.7 Å². The van der Waals surface area contributed by atoms with Gasteiger partial charge in [-0.15, -0.1) is 0 Å². The summed E-state index contributed by atoms with van der Waals surface area (Å²) in [7, 11) is 0. The lowest BCUT2D eigenvalue weighted by molar-refractivity contribution is -0.144. The van der Waals surface area contributed by atoms with E-state index >= 15 is 4.39 Å². The van der Waals surface area contributed by atoms with E-state index in [9.17, 15) is 18.7 Å². The fourth-order valence-corrected chi connectivity index (χ4v) is 6.89. The Morgan fingerprint density at radius 2 is 1.77 bits per heavy atom. The molecular formula is C32H41F3N2O2. The molecule has 7 heteroatoms. The van der Waals surface area contributed by atoms with Crippen molar-refractivity contribution in [2.45, 2.75) is 75.4 Å². The second-order valence-corrected chi connectivity index (χ2v) is 12.2. The molecule has 5 rings (SSSR count). The zero-order valence-electron chi connectivity index (χ0n) is 22.7. The molecule has 1 aliphatic carbocycles. The lowest BCUT2D eigenvalue weighted by Gasteiger charge is -2.38. The minimum atomic E-state index is -1.18. The molecule has 3 fully saturated rings. The van der Waals surface area contributed by atoms with Crippen molar-refractivity contribution in [2.24, 2.45) is 11.8 Å². The smallest absolute Gasteiger partial charge is 0.320 e. The fraction of sp³-hybridized carbons (Fsp3) is 0.594. The lowest BCUT2D eigenvalue weighted by Crippen LogP contribution is -2.45. The summed E-state index contributed by atoms with van der Waals surface area (Å²) in [4.78, 5) is 16.7. The summed E-state index contributed by atoms with van der Waals surface area (Å²) < 4.78 is 42.9. The minimum absolute atomic E-state index is 0.0525. The van der Waals surface area contributed by atoms with Gasteiger partial charge in [-0.05, 0) is 85.8 Å². The average molecular weight is 543 g/mol. The number of likely N-dealkylation sites (tertiary alicyclic amines) is 2. The summed E-state index contributed by atoms with van der Waals surface area (Å²) in [6, 6.07) is 12.7. The minimum Gasteiger partial charge on any atom is -0.480 e. The van der Waals surface area contributed by atoms with E-state index in [1.165, 1.54) is 24.6 Å². The van der Waals surface area contributed by atoms with Crippen LogP contribution in [0.1, 0.15) is 68.4 Å². The maximum absolute atomic E-state index is 15.6. The van der Waals surface area contributed by atoms with E-state index in [1.807, 2.05) is 6.07 Å². The Balaban J connectivity index is 1.19. The molecule has 0 aromatic heterocycles.